The van der Waals surface area contributed by atoms with Crippen molar-refractivity contribution >= 4 is 5.91 Å². The normalized spacial score (nSPS) is 18.0. The molecule has 1 heterocycles. The molecule has 0 aromatic heterocycles. The number of hydrogen-bond acceptors (Lipinski definition) is 2. The van der Waals surface area contributed by atoms with E-state index in [1.165, 1.54) is 24.3 Å². The lowest BCUT2D eigenvalue weighted by atomic mass is 10.0. The Balaban J connectivity index is 1.93. The molecule has 0 spiro atoms. The van der Waals surface area contributed by atoms with Gasteiger partial charge in [0.05, 0.1) is 6.04 Å². The van der Waals surface area contributed by atoms with Gasteiger partial charge in [-0.15, -0.1) is 0 Å². The van der Waals surface area contributed by atoms with Gasteiger partial charge in [-0.1, -0.05) is 12.1 Å². The van der Waals surface area contributed by atoms with Gasteiger partial charge in [-0.05, 0) is 48.4 Å². The monoisotopic (exact) mass is 316 g/mol. The maximum Gasteiger partial charge on any atom is 0.254 e. The van der Waals surface area contributed by atoms with Crippen LogP contribution in [0.25, 0.3) is 0 Å². The van der Waals surface area contributed by atoms with Crippen molar-refractivity contribution in [2.75, 3.05) is 19.6 Å². The van der Waals surface area contributed by atoms with E-state index in [0.29, 0.717) is 30.8 Å². The van der Waals surface area contributed by atoms with Crippen LogP contribution in [0, 0.1) is 18.6 Å². The second-order valence-electron chi connectivity index (χ2n) is 5.79. The average Bonchev–Trinajstić information content (AvgIpc) is 2.53. The van der Waals surface area contributed by atoms with Crippen molar-refractivity contribution in [3.05, 3.63) is 70.8 Å². The van der Waals surface area contributed by atoms with E-state index < -0.39 is 5.82 Å². The summed E-state index contributed by atoms with van der Waals surface area (Å²) in [5.74, 6) is -0.990. The van der Waals surface area contributed by atoms with Crippen LogP contribution < -0.4 is 5.32 Å². The van der Waals surface area contributed by atoms with Gasteiger partial charge in [-0.25, -0.2) is 8.78 Å². The van der Waals surface area contributed by atoms with Crippen molar-refractivity contribution in [2.45, 2.75) is 13.0 Å². The molecule has 3 nitrogen and oxygen atoms in total. The number of amides is 1. The maximum absolute atomic E-state index is 13.6. The Labute approximate surface area is 133 Å². The zero-order chi connectivity index (χ0) is 16.4. The number of halogens is 2. The van der Waals surface area contributed by atoms with E-state index in [9.17, 15) is 13.6 Å². The predicted octanol–water partition coefficient (Wildman–Crippen LogP) is 3.06. The fourth-order valence-electron chi connectivity index (χ4n) is 2.98. The first kappa shape index (κ1) is 15.6. The maximum atomic E-state index is 13.6. The van der Waals surface area contributed by atoms with E-state index in [2.05, 4.69) is 5.32 Å². The van der Waals surface area contributed by atoms with Gasteiger partial charge in [0, 0.05) is 25.2 Å². The summed E-state index contributed by atoms with van der Waals surface area (Å²) in [5, 5.41) is 3.22. The standard InChI is InChI=1S/C18H18F2N2O/c1-12-7-14(10-16(20)8-12)18(23)22-6-5-21-11-17(22)13-3-2-4-15(19)9-13/h2-4,7-10,17,21H,5-6,11H2,1H3. The van der Waals surface area contributed by atoms with E-state index in [4.69, 9.17) is 0 Å². The summed E-state index contributed by atoms with van der Waals surface area (Å²) < 4.78 is 27.1. The van der Waals surface area contributed by atoms with Crippen LogP contribution >= 0.6 is 0 Å². The molecule has 5 heteroatoms. The highest BCUT2D eigenvalue weighted by atomic mass is 19.1. The Morgan fingerprint density at radius 1 is 1.17 bits per heavy atom. The minimum absolute atomic E-state index is 0.233. The molecule has 2 aromatic rings. The summed E-state index contributed by atoms with van der Waals surface area (Å²) in [5.41, 5.74) is 1.76. The zero-order valence-electron chi connectivity index (χ0n) is 12.9. The Bertz CT molecular complexity index is 712. The van der Waals surface area contributed by atoms with Crippen LogP contribution in [-0.2, 0) is 0 Å². The van der Waals surface area contributed by atoms with Gasteiger partial charge in [0.1, 0.15) is 11.6 Å². The summed E-state index contributed by atoms with van der Waals surface area (Å²) in [6.45, 7) is 3.45. The van der Waals surface area contributed by atoms with Crippen LogP contribution in [-0.4, -0.2) is 30.4 Å². The summed E-state index contributed by atoms with van der Waals surface area (Å²) >= 11 is 0. The largest absolute Gasteiger partial charge is 0.329 e. The molecule has 23 heavy (non-hydrogen) atoms. The van der Waals surface area contributed by atoms with Crippen molar-refractivity contribution in [3.8, 4) is 0 Å². The van der Waals surface area contributed by atoms with Gasteiger partial charge >= 0.3 is 0 Å². The van der Waals surface area contributed by atoms with Crippen LogP contribution in [0.2, 0.25) is 0 Å². The second-order valence-corrected chi connectivity index (χ2v) is 5.79. The lowest BCUT2D eigenvalue weighted by molar-refractivity contribution is 0.0633. The predicted molar refractivity (Wildman–Crippen MR) is 84.2 cm³/mol. The number of carbonyl (C=O) groups excluding carboxylic acids is 1. The number of hydrogen-bond donors (Lipinski definition) is 1. The van der Waals surface area contributed by atoms with Crippen LogP contribution in [0.3, 0.4) is 0 Å². The molecular formula is C18H18F2N2O. The number of carbonyl (C=O) groups is 1. The molecule has 0 bridgehead atoms. The Morgan fingerprint density at radius 2 is 2.00 bits per heavy atom. The smallest absolute Gasteiger partial charge is 0.254 e. The molecule has 120 valence electrons. The van der Waals surface area contributed by atoms with Crippen LogP contribution in [0.5, 0.6) is 0 Å². The molecule has 0 saturated carbocycles. The van der Waals surface area contributed by atoms with E-state index in [1.54, 1.807) is 30.0 Å². The van der Waals surface area contributed by atoms with E-state index >= 15 is 0 Å². The molecule has 3 rings (SSSR count). The van der Waals surface area contributed by atoms with E-state index in [1.807, 2.05) is 0 Å². The third kappa shape index (κ3) is 3.40. The van der Waals surface area contributed by atoms with E-state index in [-0.39, 0.29) is 17.8 Å². The zero-order valence-corrected chi connectivity index (χ0v) is 12.9. The van der Waals surface area contributed by atoms with Crippen molar-refractivity contribution in [3.63, 3.8) is 0 Å². The summed E-state index contributed by atoms with van der Waals surface area (Å²) in [4.78, 5) is 14.5. The lowest BCUT2D eigenvalue weighted by Crippen LogP contribution is -2.48. The molecule has 0 radical (unpaired) electrons. The first-order valence-corrected chi connectivity index (χ1v) is 7.59. The molecule has 1 fully saturated rings. The second kappa shape index (κ2) is 6.46. The molecule has 1 aliphatic heterocycles. The van der Waals surface area contributed by atoms with Gasteiger partial charge in [-0.3, -0.25) is 4.79 Å². The highest BCUT2D eigenvalue weighted by Crippen LogP contribution is 2.25. The van der Waals surface area contributed by atoms with Crippen molar-refractivity contribution in [1.82, 2.24) is 10.2 Å². The molecule has 1 saturated heterocycles. The Hall–Kier alpha value is -2.27. The van der Waals surface area contributed by atoms with Crippen LogP contribution in [0.1, 0.15) is 27.5 Å². The van der Waals surface area contributed by atoms with Gasteiger partial charge in [0.2, 0.25) is 0 Å². The van der Waals surface area contributed by atoms with Gasteiger partial charge < -0.3 is 10.2 Å². The molecule has 0 aliphatic carbocycles. The third-order valence-corrected chi connectivity index (χ3v) is 4.03. The van der Waals surface area contributed by atoms with Gasteiger partial charge in [-0.2, -0.15) is 0 Å². The number of aryl methyl sites for hydroxylation is 1. The van der Waals surface area contributed by atoms with Crippen molar-refractivity contribution in [1.29, 1.82) is 0 Å². The minimum atomic E-state index is -0.425. The quantitative estimate of drug-likeness (QED) is 0.923. The number of piperazine rings is 1. The number of benzene rings is 2. The first-order valence-electron chi connectivity index (χ1n) is 7.59. The Morgan fingerprint density at radius 3 is 2.74 bits per heavy atom. The minimum Gasteiger partial charge on any atom is -0.329 e. The topological polar surface area (TPSA) is 32.3 Å². The van der Waals surface area contributed by atoms with Gasteiger partial charge in [0.15, 0.2) is 0 Å². The fraction of sp³-hybridized carbons (Fsp3) is 0.278. The molecule has 1 atom stereocenters. The Kier molecular flexibility index (Phi) is 4.39. The highest BCUT2D eigenvalue weighted by Gasteiger charge is 2.29. The molecule has 2 aromatic carbocycles. The fourth-order valence-corrected chi connectivity index (χ4v) is 2.98. The summed E-state index contributed by atoms with van der Waals surface area (Å²) in [6, 6.07) is 10.3. The summed E-state index contributed by atoms with van der Waals surface area (Å²) in [7, 11) is 0. The molecule has 1 N–H and O–H groups in total. The summed E-state index contributed by atoms with van der Waals surface area (Å²) in [6.07, 6.45) is 0. The average molecular weight is 316 g/mol. The lowest BCUT2D eigenvalue weighted by Gasteiger charge is -2.36. The highest BCUT2D eigenvalue weighted by molar-refractivity contribution is 5.94. The number of nitrogens with zero attached hydrogens (tertiary/aromatic N) is 1. The SMILES string of the molecule is Cc1cc(F)cc(C(=O)N2CCNCC2c2cccc(F)c2)c1. The molecule has 1 unspecified atom stereocenters. The van der Waals surface area contributed by atoms with Crippen molar-refractivity contribution in [2.24, 2.45) is 0 Å². The molecule has 1 aliphatic rings. The number of rotatable bonds is 2. The van der Waals surface area contributed by atoms with Gasteiger partial charge in [0.25, 0.3) is 5.91 Å². The van der Waals surface area contributed by atoms with Crippen molar-refractivity contribution < 1.29 is 13.6 Å². The third-order valence-electron chi connectivity index (χ3n) is 4.03. The van der Waals surface area contributed by atoms with Crippen LogP contribution in [0.15, 0.2) is 42.5 Å². The molecular weight excluding hydrogens is 298 g/mol. The van der Waals surface area contributed by atoms with E-state index in [0.717, 1.165) is 5.56 Å². The number of nitrogens with one attached hydrogen (secondary N) is 1. The first-order chi connectivity index (χ1) is 11.0. The van der Waals surface area contributed by atoms with Crippen LogP contribution in [0.4, 0.5) is 8.78 Å². The molecule has 1 amide bonds.